The highest BCUT2D eigenvalue weighted by Crippen LogP contribution is 2.02. The summed E-state index contributed by atoms with van der Waals surface area (Å²) in [5.74, 6) is -1.32. The second-order valence-corrected chi connectivity index (χ2v) is 4.89. The lowest BCUT2D eigenvalue weighted by Gasteiger charge is -2.25. The van der Waals surface area contributed by atoms with Crippen molar-refractivity contribution in [1.29, 1.82) is 0 Å². The third-order valence-corrected chi connectivity index (χ3v) is 2.97. The van der Waals surface area contributed by atoms with Crippen molar-refractivity contribution in [3.8, 4) is 0 Å². The molecule has 0 rings (SSSR count). The average Bonchev–Trinajstić information content (AvgIpc) is 2.35. The van der Waals surface area contributed by atoms with Gasteiger partial charge in [-0.2, -0.15) is 0 Å². The molecule has 0 bridgehead atoms. The minimum absolute atomic E-state index is 0.0212. The van der Waals surface area contributed by atoms with Gasteiger partial charge in [-0.05, 0) is 6.42 Å². The molecule has 5 nitrogen and oxygen atoms in total. The fourth-order valence-corrected chi connectivity index (χ4v) is 1.68. The van der Waals surface area contributed by atoms with Crippen LogP contribution in [0.1, 0.15) is 26.7 Å². The van der Waals surface area contributed by atoms with Crippen LogP contribution in [0, 0.1) is 5.92 Å². The average molecular weight is 270 g/mol. The summed E-state index contributed by atoms with van der Waals surface area (Å²) in [4.78, 5) is 26.4. The first-order valence-electron chi connectivity index (χ1n) is 6.72. The molecule has 0 aliphatic carbocycles. The van der Waals surface area contributed by atoms with E-state index in [9.17, 15) is 9.59 Å². The number of carboxylic acid groups (broad SMARTS) is 1. The number of likely N-dealkylation sites (N-methyl/N-ethyl adjacent to an activating group) is 1. The smallest absolute Gasteiger partial charge is 0.307 e. The Hall–Kier alpha value is -1.36. The van der Waals surface area contributed by atoms with Gasteiger partial charge in [-0.1, -0.05) is 26.3 Å². The molecule has 0 saturated heterocycles. The van der Waals surface area contributed by atoms with E-state index in [0.717, 1.165) is 19.4 Å². The summed E-state index contributed by atoms with van der Waals surface area (Å²) < 4.78 is 0. The Labute approximate surface area is 115 Å². The molecular formula is C14H26N2O3. The molecule has 0 radical (unpaired) electrons. The van der Waals surface area contributed by atoms with Gasteiger partial charge in [-0.15, -0.1) is 6.58 Å². The quantitative estimate of drug-likeness (QED) is 0.610. The van der Waals surface area contributed by atoms with Gasteiger partial charge in [0.15, 0.2) is 0 Å². The van der Waals surface area contributed by atoms with Gasteiger partial charge >= 0.3 is 5.97 Å². The maximum atomic E-state index is 12.0. The van der Waals surface area contributed by atoms with E-state index in [4.69, 9.17) is 5.11 Å². The number of amides is 1. The summed E-state index contributed by atoms with van der Waals surface area (Å²) in [6, 6.07) is 0. The highest BCUT2D eigenvalue weighted by Gasteiger charge is 2.19. The van der Waals surface area contributed by atoms with Crippen LogP contribution in [0.5, 0.6) is 0 Å². The third kappa shape index (κ3) is 7.62. The van der Waals surface area contributed by atoms with Gasteiger partial charge in [0.1, 0.15) is 0 Å². The summed E-state index contributed by atoms with van der Waals surface area (Å²) >= 11 is 0. The molecule has 1 atom stereocenters. The van der Waals surface area contributed by atoms with E-state index in [1.54, 1.807) is 24.9 Å². The number of rotatable bonds is 10. The fourth-order valence-electron chi connectivity index (χ4n) is 1.68. The highest BCUT2D eigenvalue weighted by atomic mass is 16.4. The normalized spacial score (nSPS) is 12.2. The molecule has 1 N–H and O–H groups in total. The van der Waals surface area contributed by atoms with E-state index in [0.29, 0.717) is 13.1 Å². The molecule has 0 aromatic carbocycles. The van der Waals surface area contributed by atoms with Gasteiger partial charge < -0.3 is 10.0 Å². The van der Waals surface area contributed by atoms with Crippen molar-refractivity contribution < 1.29 is 14.7 Å². The molecule has 0 aromatic rings. The molecule has 1 amide bonds. The van der Waals surface area contributed by atoms with Gasteiger partial charge in [0.25, 0.3) is 0 Å². The van der Waals surface area contributed by atoms with Crippen LogP contribution in [-0.2, 0) is 9.59 Å². The van der Waals surface area contributed by atoms with Crippen LogP contribution < -0.4 is 0 Å². The lowest BCUT2D eigenvalue weighted by Crippen LogP contribution is -2.41. The van der Waals surface area contributed by atoms with E-state index in [1.165, 1.54) is 0 Å². The Kier molecular flexibility index (Phi) is 8.87. The molecule has 0 aromatic heterocycles. The molecule has 19 heavy (non-hydrogen) atoms. The van der Waals surface area contributed by atoms with Crippen LogP contribution in [0.25, 0.3) is 0 Å². The molecule has 0 aliphatic heterocycles. The first kappa shape index (κ1) is 17.6. The Morgan fingerprint density at radius 2 is 2.05 bits per heavy atom. The first-order valence-corrected chi connectivity index (χ1v) is 6.72. The van der Waals surface area contributed by atoms with E-state index in [2.05, 4.69) is 13.5 Å². The highest BCUT2D eigenvalue weighted by molar-refractivity contribution is 5.78. The summed E-state index contributed by atoms with van der Waals surface area (Å²) in [6.07, 6.45) is 3.72. The van der Waals surface area contributed by atoms with Gasteiger partial charge in [-0.25, -0.2) is 0 Å². The molecule has 0 aliphatic rings. The second kappa shape index (κ2) is 9.55. The van der Waals surface area contributed by atoms with E-state index < -0.39 is 11.9 Å². The zero-order valence-corrected chi connectivity index (χ0v) is 12.3. The van der Waals surface area contributed by atoms with Crippen molar-refractivity contribution in [2.75, 3.05) is 33.2 Å². The predicted molar refractivity (Wildman–Crippen MR) is 76.0 cm³/mol. The largest absolute Gasteiger partial charge is 0.481 e. The van der Waals surface area contributed by atoms with Crippen LogP contribution >= 0.6 is 0 Å². The Bertz CT molecular complexity index is 305. The van der Waals surface area contributed by atoms with Crippen molar-refractivity contribution in [1.82, 2.24) is 9.80 Å². The predicted octanol–water partition coefficient (Wildman–Crippen LogP) is 1.45. The number of hydrogen-bond donors (Lipinski definition) is 1. The summed E-state index contributed by atoms with van der Waals surface area (Å²) in [6.45, 7) is 9.22. The lowest BCUT2D eigenvalue weighted by molar-refractivity contribution is -0.142. The lowest BCUT2D eigenvalue weighted by atomic mass is 10.1. The standard InChI is InChI=1S/C14H26N2O3/c1-5-7-9-15(4)13(17)11-16(8-6-2)10-12(3)14(18)19/h6,12H,2,5,7-11H2,1,3-4H3,(H,18,19). The molecule has 0 heterocycles. The van der Waals surface area contributed by atoms with Crippen LogP contribution in [0.15, 0.2) is 12.7 Å². The van der Waals surface area contributed by atoms with Gasteiger partial charge in [-0.3, -0.25) is 14.5 Å². The third-order valence-electron chi connectivity index (χ3n) is 2.97. The van der Waals surface area contributed by atoms with Crippen LogP contribution in [-0.4, -0.2) is 60.0 Å². The maximum absolute atomic E-state index is 12.0. The topological polar surface area (TPSA) is 60.9 Å². The number of carbonyl (C=O) groups is 2. The van der Waals surface area contributed by atoms with E-state index in [1.807, 2.05) is 4.90 Å². The number of nitrogens with zero attached hydrogens (tertiary/aromatic N) is 2. The second-order valence-electron chi connectivity index (χ2n) is 4.89. The first-order chi connectivity index (χ1) is 8.92. The van der Waals surface area contributed by atoms with Gasteiger partial charge in [0, 0.05) is 26.7 Å². The Morgan fingerprint density at radius 1 is 1.42 bits per heavy atom. The number of carboxylic acids is 1. The Morgan fingerprint density at radius 3 is 2.53 bits per heavy atom. The van der Waals surface area contributed by atoms with Crippen molar-refractivity contribution in [2.24, 2.45) is 5.92 Å². The Balaban J connectivity index is 4.35. The zero-order valence-electron chi connectivity index (χ0n) is 12.3. The van der Waals surface area contributed by atoms with Crippen molar-refractivity contribution in [2.45, 2.75) is 26.7 Å². The summed E-state index contributed by atoms with van der Waals surface area (Å²) in [5, 5.41) is 8.91. The molecule has 0 spiro atoms. The SMILES string of the molecule is C=CCN(CC(=O)N(C)CCCC)CC(C)C(=O)O. The van der Waals surface area contributed by atoms with E-state index >= 15 is 0 Å². The molecule has 5 heteroatoms. The van der Waals surface area contributed by atoms with E-state index in [-0.39, 0.29) is 12.5 Å². The monoisotopic (exact) mass is 270 g/mol. The zero-order chi connectivity index (χ0) is 14.8. The van der Waals surface area contributed by atoms with Crippen molar-refractivity contribution >= 4 is 11.9 Å². The van der Waals surface area contributed by atoms with Crippen LogP contribution in [0.3, 0.4) is 0 Å². The maximum Gasteiger partial charge on any atom is 0.307 e. The number of aliphatic carboxylic acids is 1. The van der Waals surface area contributed by atoms with Crippen LogP contribution in [0.4, 0.5) is 0 Å². The minimum Gasteiger partial charge on any atom is -0.481 e. The molecule has 0 saturated carbocycles. The molecule has 1 unspecified atom stereocenters. The fraction of sp³-hybridized carbons (Fsp3) is 0.714. The number of unbranched alkanes of at least 4 members (excludes halogenated alkanes) is 1. The summed E-state index contributed by atoms with van der Waals surface area (Å²) in [5.41, 5.74) is 0. The number of carbonyl (C=O) groups excluding carboxylic acids is 1. The number of hydrogen-bond acceptors (Lipinski definition) is 3. The van der Waals surface area contributed by atoms with Crippen molar-refractivity contribution in [3.05, 3.63) is 12.7 Å². The van der Waals surface area contributed by atoms with Crippen LogP contribution in [0.2, 0.25) is 0 Å². The summed E-state index contributed by atoms with van der Waals surface area (Å²) in [7, 11) is 1.78. The molecule has 110 valence electrons. The van der Waals surface area contributed by atoms with Crippen molar-refractivity contribution in [3.63, 3.8) is 0 Å². The molecular weight excluding hydrogens is 244 g/mol. The van der Waals surface area contributed by atoms with Gasteiger partial charge in [0.05, 0.1) is 12.5 Å². The molecule has 0 fully saturated rings. The minimum atomic E-state index is -0.846. The van der Waals surface area contributed by atoms with Gasteiger partial charge in [0.2, 0.25) is 5.91 Å².